The van der Waals surface area contributed by atoms with Gasteiger partial charge < -0.3 is 15.0 Å². The first kappa shape index (κ1) is 20.8. The molecule has 0 aromatic heterocycles. The Morgan fingerprint density at radius 2 is 2.00 bits per heavy atom. The fourth-order valence-electron chi connectivity index (χ4n) is 3.01. The Bertz CT molecular complexity index is 1030. The summed E-state index contributed by atoms with van der Waals surface area (Å²) in [6.45, 7) is 0.0983. The third-order valence-electron chi connectivity index (χ3n) is 4.46. The van der Waals surface area contributed by atoms with Crippen LogP contribution in [-0.2, 0) is 19.4 Å². The summed E-state index contributed by atoms with van der Waals surface area (Å²) in [5, 5.41) is 2.73. The predicted molar refractivity (Wildman–Crippen MR) is 107 cm³/mol. The minimum absolute atomic E-state index is 0.00492. The second kappa shape index (κ2) is 8.60. The lowest BCUT2D eigenvalue weighted by atomic mass is 10.1. The molecule has 1 atom stereocenters. The second-order valence-corrected chi connectivity index (χ2v) is 9.11. The highest BCUT2D eigenvalue weighted by molar-refractivity contribution is 7.90. The number of hydrogen-bond donors (Lipinski definition) is 1. The number of nitrogens with one attached hydrogen (secondary N) is 1. The normalized spacial score (nSPS) is 16.7. The van der Waals surface area contributed by atoms with Gasteiger partial charge in [0.1, 0.15) is 18.2 Å². The Kier molecular flexibility index (Phi) is 6.17. The van der Waals surface area contributed by atoms with Gasteiger partial charge in [-0.3, -0.25) is 9.59 Å². The second-order valence-electron chi connectivity index (χ2n) is 6.85. The first-order valence-corrected chi connectivity index (χ1v) is 11.1. The smallest absolute Gasteiger partial charge is 0.229 e. The van der Waals surface area contributed by atoms with Crippen LogP contribution < -0.4 is 15.0 Å². The summed E-state index contributed by atoms with van der Waals surface area (Å²) >= 11 is 0. The third kappa shape index (κ3) is 5.54. The summed E-state index contributed by atoms with van der Waals surface area (Å²) in [6, 6.07) is 12.5. The van der Waals surface area contributed by atoms with Crippen LogP contribution in [0.5, 0.6) is 5.75 Å². The van der Waals surface area contributed by atoms with E-state index in [9.17, 15) is 22.4 Å². The van der Waals surface area contributed by atoms with E-state index >= 15 is 0 Å². The monoisotopic (exact) mass is 420 g/mol. The molecular formula is C20H21FN2O5S. The largest absolute Gasteiger partial charge is 0.492 e. The molecule has 0 aliphatic carbocycles. The molecule has 3 rings (SSSR count). The van der Waals surface area contributed by atoms with E-state index in [0.29, 0.717) is 11.4 Å². The quantitative estimate of drug-likeness (QED) is 0.742. The average molecular weight is 420 g/mol. The number of benzene rings is 2. The number of para-hydroxylation sites is 1. The third-order valence-corrected chi connectivity index (χ3v) is 5.37. The van der Waals surface area contributed by atoms with Crippen molar-refractivity contribution in [2.24, 2.45) is 5.92 Å². The van der Waals surface area contributed by atoms with Crippen molar-refractivity contribution in [1.29, 1.82) is 0 Å². The molecule has 1 heterocycles. The van der Waals surface area contributed by atoms with Gasteiger partial charge in [0.05, 0.1) is 17.4 Å². The number of anilines is 2. The summed E-state index contributed by atoms with van der Waals surface area (Å²) in [7, 11) is -3.13. The molecule has 1 unspecified atom stereocenters. The highest BCUT2D eigenvalue weighted by atomic mass is 32.2. The zero-order chi connectivity index (χ0) is 21.0. The van der Waals surface area contributed by atoms with Gasteiger partial charge in [0.25, 0.3) is 0 Å². The standard InChI is InChI=1S/C20H21FN2O5S/c1-29(26,27)10-9-28-16-6-4-5-15(12-16)22-20(25)14-11-19(24)23(13-14)18-8-3-2-7-17(18)21/h2-8,12,14H,9-11,13H2,1H3,(H,22,25). The number of halogens is 1. The van der Waals surface area contributed by atoms with Crippen molar-refractivity contribution in [2.75, 3.05) is 35.4 Å². The van der Waals surface area contributed by atoms with Gasteiger partial charge in [-0.15, -0.1) is 0 Å². The number of ether oxygens (including phenoxy) is 1. The number of amides is 2. The molecule has 0 radical (unpaired) electrons. The Hall–Kier alpha value is -2.94. The molecule has 1 fully saturated rings. The van der Waals surface area contributed by atoms with E-state index in [1.54, 1.807) is 30.3 Å². The van der Waals surface area contributed by atoms with E-state index in [0.717, 1.165) is 6.26 Å². The van der Waals surface area contributed by atoms with Crippen LogP contribution in [0.4, 0.5) is 15.8 Å². The summed E-state index contributed by atoms with van der Waals surface area (Å²) in [5.74, 6) is -1.49. The van der Waals surface area contributed by atoms with Crippen LogP contribution >= 0.6 is 0 Å². The summed E-state index contributed by atoms with van der Waals surface area (Å²) in [5.41, 5.74) is 0.623. The number of carbonyl (C=O) groups excluding carboxylic acids is 2. The first-order valence-electron chi connectivity index (χ1n) is 8.99. The highest BCUT2D eigenvalue weighted by Crippen LogP contribution is 2.28. The van der Waals surface area contributed by atoms with Crippen LogP contribution in [0.3, 0.4) is 0 Å². The van der Waals surface area contributed by atoms with Gasteiger partial charge in [-0.1, -0.05) is 18.2 Å². The van der Waals surface area contributed by atoms with E-state index in [1.165, 1.54) is 23.1 Å². The molecule has 1 aliphatic rings. The fourth-order valence-corrected chi connectivity index (χ4v) is 3.39. The first-order chi connectivity index (χ1) is 13.7. The minimum Gasteiger partial charge on any atom is -0.492 e. The van der Waals surface area contributed by atoms with Crippen molar-refractivity contribution >= 4 is 33.0 Å². The van der Waals surface area contributed by atoms with Crippen LogP contribution in [0.1, 0.15) is 6.42 Å². The van der Waals surface area contributed by atoms with Gasteiger partial charge in [0, 0.05) is 31.0 Å². The maximum atomic E-state index is 14.0. The fraction of sp³-hybridized carbons (Fsp3) is 0.300. The SMILES string of the molecule is CS(=O)(=O)CCOc1cccc(NC(=O)C2CC(=O)N(c3ccccc3F)C2)c1. The average Bonchev–Trinajstić information content (AvgIpc) is 3.03. The van der Waals surface area contributed by atoms with E-state index in [4.69, 9.17) is 4.74 Å². The number of hydrogen-bond acceptors (Lipinski definition) is 5. The van der Waals surface area contributed by atoms with Crippen molar-refractivity contribution in [2.45, 2.75) is 6.42 Å². The van der Waals surface area contributed by atoms with Crippen LogP contribution in [0.2, 0.25) is 0 Å². The van der Waals surface area contributed by atoms with Crippen LogP contribution in [-0.4, -0.2) is 45.4 Å². The van der Waals surface area contributed by atoms with Crippen molar-refractivity contribution in [1.82, 2.24) is 0 Å². The molecule has 0 bridgehead atoms. The maximum absolute atomic E-state index is 14.0. The summed E-state index contributed by atoms with van der Waals surface area (Å²) in [6.07, 6.45) is 1.12. The molecule has 7 nitrogen and oxygen atoms in total. The molecule has 1 saturated heterocycles. The van der Waals surface area contributed by atoms with E-state index in [2.05, 4.69) is 5.32 Å². The van der Waals surface area contributed by atoms with Crippen molar-refractivity contribution in [3.8, 4) is 5.75 Å². The Morgan fingerprint density at radius 1 is 1.24 bits per heavy atom. The van der Waals surface area contributed by atoms with E-state index in [-0.39, 0.29) is 42.8 Å². The number of carbonyl (C=O) groups is 2. The molecule has 0 spiro atoms. The van der Waals surface area contributed by atoms with Crippen LogP contribution in [0, 0.1) is 11.7 Å². The molecule has 29 heavy (non-hydrogen) atoms. The van der Waals surface area contributed by atoms with Gasteiger partial charge in [-0.05, 0) is 24.3 Å². The number of nitrogens with zero attached hydrogens (tertiary/aromatic N) is 1. The molecule has 1 aliphatic heterocycles. The lowest BCUT2D eigenvalue weighted by molar-refractivity contribution is -0.122. The van der Waals surface area contributed by atoms with Crippen molar-refractivity contribution in [3.05, 3.63) is 54.3 Å². The zero-order valence-corrected chi connectivity index (χ0v) is 16.6. The molecule has 2 aromatic rings. The molecule has 0 saturated carbocycles. The van der Waals surface area contributed by atoms with Gasteiger partial charge in [-0.25, -0.2) is 12.8 Å². The molecular weight excluding hydrogens is 399 g/mol. The zero-order valence-electron chi connectivity index (χ0n) is 15.8. The predicted octanol–water partition coefficient (Wildman–Crippen LogP) is 2.24. The Balaban J connectivity index is 1.61. The molecule has 154 valence electrons. The maximum Gasteiger partial charge on any atom is 0.229 e. The highest BCUT2D eigenvalue weighted by Gasteiger charge is 2.36. The van der Waals surface area contributed by atoms with E-state index in [1.807, 2.05) is 0 Å². The van der Waals surface area contributed by atoms with Crippen molar-refractivity contribution < 1.29 is 27.1 Å². The molecule has 2 amide bonds. The van der Waals surface area contributed by atoms with Gasteiger partial charge in [0.2, 0.25) is 11.8 Å². The Morgan fingerprint density at radius 3 is 2.72 bits per heavy atom. The van der Waals surface area contributed by atoms with Crippen LogP contribution in [0.25, 0.3) is 0 Å². The number of rotatable bonds is 7. The number of sulfone groups is 1. The minimum atomic E-state index is -3.13. The lowest BCUT2D eigenvalue weighted by Crippen LogP contribution is -2.28. The lowest BCUT2D eigenvalue weighted by Gasteiger charge is -2.17. The molecule has 9 heteroatoms. The summed E-state index contributed by atoms with van der Waals surface area (Å²) < 4.78 is 41.7. The molecule has 1 N–H and O–H groups in total. The van der Waals surface area contributed by atoms with Crippen molar-refractivity contribution in [3.63, 3.8) is 0 Å². The van der Waals surface area contributed by atoms with E-state index < -0.39 is 21.6 Å². The van der Waals surface area contributed by atoms with Gasteiger partial charge in [-0.2, -0.15) is 0 Å². The summed E-state index contributed by atoms with van der Waals surface area (Å²) in [4.78, 5) is 26.1. The topological polar surface area (TPSA) is 92.8 Å². The van der Waals surface area contributed by atoms with Crippen LogP contribution in [0.15, 0.2) is 48.5 Å². The van der Waals surface area contributed by atoms with Gasteiger partial charge >= 0.3 is 0 Å². The Labute approximate surface area is 168 Å². The molecule has 2 aromatic carbocycles. The van der Waals surface area contributed by atoms with Gasteiger partial charge in [0.15, 0.2) is 9.84 Å².